The molecule has 2 amide bonds. The lowest BCUT2D eigenvalue weighted by Crippen LogP contribution is -2.32. The van der Waals surface area contributed by atoms with Gasteiger partial charge in [0.15, 0.2) is 5.65 Å². The first-order valence-corrected chi connectivity index (χ1v) is 6.79. The molecule has 0 aliphatic rings. The lowest BCUT2D eigenvalue weighted by molar-refractivity contribution is -0.115. The highest BCUT2D eigenvalue weighted by molar-refractivity contribution is 6.00. The zero-order valence-electron chi connectivity index (χ0n) is 11.7. The van der Waals surface area contributed by atoms with Gasteiger partial charge in [-0.05, 0) is 24.3 Å². The minimum absolute atomic E-state index is 0.102. The number of carbonyl (C=O) groups excluding carboxylic acids is 2. The second-order valence-corrected chi connectivity index (χ2v) is 4.68. The molecule has 3 rings (SSSR count). The number of rotatable bonds is 4. The van der Waals surface area contributed by atoms with Crippen molar-refractivity contribution < 1.29 is 9.59 Å². The lowest BCUT2D eigenvalue weighted by Gasteiger charge is -2.08. The molecule has 0 bridgehead atoms. The second-order valence-electron chi connectivity index (χ2n) is 4.68. The molecule has 0 saturated heterocycles. The van der Waals surface area contributed by atoms with Crippen LogP contribution in [-0.4, -0.2) is 27.7 Å². The molecular weight excluding hydrogens is 280 g/mol. The van der Waals surface area contributed by atoms with Crippen LogP contribution in [0, 0.1) is 0 Å². The Morgan fingerprint density at radius 3 is 2.68 bits per heavy atom. The van der Waals surface area contributed by atoms with Gasteiger partial charge >= 0.3 is 0 Å². The van der Waals surface area contributed by atoms with Crippen molar-refractivity contribution in [2.24, 2.45) is 0 Å². The van der Waals surface area contributed by atoms with Crippen LogP contribution in [0.5, 0.6) is 0 Å². The van der Waals surface area contributed by atoms with Crippen molar-refractivity contribution in [2.75, 3.05) is 11.9 Å². The molecule has 0 atom stereocenters. The summed E-state index contributed by atoms with van der Waals surface area (Å²) in [6.07, 6.45) is 5.29. The number of imidazole rings is 1. The van der Waals surface area contributed by atoms with Gasteiger partial charge in [0.05, 0.1) is 12.2 Å². The molecule has 6 heteroatoms. The van der Waals surface area contributed by atoms with Crippen molar-refractivity contribution >= 4 is 23.1 Å². The first kappa shape index (κ1) is 13.8. The minimum Gasteiger partial charge on any atom is -0.343 e. The van der Waals surface area contributed by atoms with Crippen molar-refractivity contribution in [1.82, 2.24) is 14.7 Å². The average molecular weight is 294 g/mol. The molecule has 0 saturated carbocycles. The van der Waals surface area contributed by atoms with Crippen LogP contribution >= 0.6 is 0 Å². The Morgan fingerprint density at radius 1 is 1.05 bits per heavy atom. The van der Waals surface area contributed by atoms with Crippen molar-refractivity contribution in [3.8, 4) is 0 Å². The predicted molar refractivity (Wildman–Crippen MR) is 82.6 cm³/mol. The van der Waals surface area contributed by atoms with E-state index >= 15 is 0 Å². The van der Waals surface area contributed by atoms with Crippen molar-refractivity contribution in [3.63, 3.8) is 0 Å². The molecule has 0 radical (unpaired) electrons. The predicted octanol–water partition coefficient (Wildman–Crippen LogP) is 1.70. The van der Waals surface area contributed by atoms with E-state index in [1.165, 1.54) is 0 Å². The van der Waals surface area contributed by atoms with E-state index < -0.39 is 0 Å². The van der Waals surface area contributed by atoms with E-state index in [0.717, 1.165) is 0 Å². The molecule has 0 aliphatic carbocycles. The Bertz CT molecular complexity index is 811. The summed E-state index contributed by atoms with van der Waals surface area (Å²) in [7, 11) is 0. The maximum absolute atomic E-state index is 12.0. The number of hydrogen-bond donors (Lipinski definition) is 2. The van der Waals surface area contributed by atoms with E-state index in [1.807, 2.05) is 18.3 Å². The van der Waals surface area contributed by atoms with E-state index in [0.29, 0.717) is 16.9 Å². The number of nitrogens with zero attached hydrogens (tertiary/aromatic N) is 2. The third kappa shape index (κ3) is 2.95. The number of benzene rings is 1. The number of nitrogens with one attached hydrogen (secondary N) is 2. The summed E-state index contributed by atoms with van der Waals surface area (Å²) < 4.78 is 1.80. The minimum atomic E-state index is -0.305. The molecule has 0 fully saturated rings. The van der Waals surface area contributed by atoms with Gasteiger partial charge in [0, 0.05) is 24.2 Å². The van der Waals surface area contributed by atoms with Crippen LogP contribution in [0.3, 0.4) is 0 Å². The maximum Gasteiger partial charge on any atom is 0.251 e. The van der Waals surface area contributed by atoms with Crippen molar-refractivity contribution in [1.29, 1.82) is 0 Å². The molecule has 0 unspecified atom stereocenters. The highest BCUT2D eigenvalue weighted by Gasteiger charge is 2.09. The molecule has 2 aromatic heterocycles. The van der Waals surface area contributed by atoms with Crippen LogP contribution in [-0.2, 0) is 4.79 Å². The summed E-state index contributed by atoms with van der Waals surface area (Å²) >= 11 is 0. The molecule has 6 nitrogen and oxygen atoms in total. The molecule has 2 N–H and O–H groups in total. The number of fused-ring (bicyclic) bond motifs is 1. The van der Waals surface area contributed by atoms with Gasteiger partial charge in [-0.1, -0.05) is 18.2 Å². The smallest absolute Gasteiger partial charge is 0.251 e. The normalized spacial score (nSPS) is 10.4. The number of aromatic nitrogens is 2. The molecule has 2 heterocycles. The van der Waals surface area contributed by atoms with E-state index in [2.05, 4.69) is 15.6 Å². The zero-order valence-corrected chi connectivity index (χ0v) is 11.7. The summed E-state index contributed by atoms with van der Waals surface area (Å²) in [6, 6.07) is 12.3. The molecule has 0 aliphatic heterocycles. The fraction of sp³-hybridized carbons (Fsp3) is 0.0625. The highest BCUT2D eigenvalue weighted by Crippen LogP contribution is 2.13. The van der Waals surface area contributed by atoms with Crippen LogP contribution in [0.4, 0.5) is 5.69 Å². The Balaban J connectivity index is 1.61. The van der Waals surface area contributed by atoms with Crippen LogP contribution in [0.1, 0.15) is 10.4 Å². The number of anilines is 1. The van der Waals surface area contributed by atoms with E-state index in [1.54, 1.807) is 47.1 Å². The molecule has 1 aromatic carbocycles. The summed E-state index contributed by atoms with van der Waals surface area (Å²) in [6.45, 7) is -0.102. The molecular formula is C16H14N4O2. The Hall–Kier alpha value is -3.15. The van der Waals surface area contributed by atoms with Crippen LogP contribution < -0.4 is 10.6 Å². The molecule has 3 aromatic rings. The fourth-order valence-corrected chi connectivity index (χ4v) is 2.09. The molecule has 22 heavy (non-hydrogen) atoms. The highest BCUT2D eigenvalue weighted by atomic mass is 16.2. The van der Waals surface area contributed by atoms with Gasteiger partial charge in [-0.3, -0.25) is 9.59 Å². The lowest BCUT2D eigenvalue weighted by atomic mass is 10.2. The molecule has 0 spiro atoms. The fourth-order valence-electron chi connectivity index (χ4n) is 2.09. The van der Waals surface area contributed by atoms with Gasteiger partial charge in [-0.2, -0.15) is 0 Å². The van der Waals surface area contributed by atoms with Gasteiger partial charge in [0.25, 0.3) is 5.91 Å². The third-order valence-electron chi connectivity index (χ3n) is 3.14. The Kier molecular flexibility index (Phi) is 3.82. The number of carbonyl (C=O) groups is 2. The average Bonchev–Trinajstić information content (AvgIpc) is 3.03. The topological polar surface area (TPSA) is 75.5 Å². The summed E-state index contributed by atoms with van der Waals surface area (Å²) in [5.74, 6) is -0.588. The van der Waals surface area contributed by atoms with Crippen LogP contribution in [0.25, 0.3) is 5.65 Å². The van der Waals surface area contributed by atoms with Gasteiger partial charge in [-0.25, -0.2) is 4.98 Å². The maximum atomic E-state index is 12.0. The van der Waals surface area contributed by atoms with E-state index in [4.69, 9.17) is 0 Å². The Labute approximate surface area is 126 Å². The number of pyridine rings is 1. The number of amides is 2. The third-order valence-corrected chi connectivity index (χ3v) is 3.14. The van der Waals surface area contributed by atoms with Gasteiger partial charge in [0.1, 0.15) is 0 Å². The number of hydrogen-bond acceptors (Lipinski definition) is 3. The van der Waals surface area contributed by atoms with Gasteiger partial charge in [-0.15, -0.1) is 0 Å². The van der Waals surface area contributed by atoms with Crippen LogP contribution in [0.2, 0.25) is 0 Å². The first-order valence-electron chi connectivity index (χ1n) is 6.79. The van der Waals surface area contributed by atoms with Crippen LogP contribution in [0.15, 0.2) is 61.1 Å². The monoisotopic (exact) mass is 294 g/mol. The SMILES string of the molecule is O=C(CNC(=O)c1ccccc1)Nc1cccn2ccnc12. The summed E-state index contributed by atoms with van der Waals surface area (Å²) in [4.78, 5) is 28.0. The van der Waals surface area contributed by atoms with Gasteiger partial charge < -0.3 is 15.0 Å². The quantitative estimate of drug-likeness (QED) is 0.769. The first-order chi connectivity index (χ1) is 10.7. The second kappa shape index (κ2) is 6.09. The standard InChI is InChI=1S/C16H14N4O2/c21-14(11-18-16(22)12-5-2-1-3-6-12)19-13-7-4-9-20-10-8-17-15(13)20/h1-10H,11H2,(H,18,22)(H,19,21). The van der Waals surface area contributed by atoms with Crippen molar-refractivity contribution in [2.45, 2.75) is 0 Å². The summed E-state index contributed by atoms with van der Waals surface area (Å²) in [5, 5.41) is 5.32. The van der Waals surface area contributed by atoms with E-state index in [9.17, 15) is 9.59 Å². The Morgan fingerprint density at radius 2 is 1.86 bits per heavy atom. The van der Waals surface area contributed by atoms with Gasteiger partial charge in [0.2, 0.25) is 5.91 Å². The largest absolute Gasteiger partial charge is 0.343 e. The molecule has 110 valence electrons. The van der Waals surface area contributed by atoms with Crippen molar-refractivity contribution in [3.05, 3.63) is 66.6 Å². The van der Waals surface area contributed by atoms with E-state index in [-0.39, 0.29) is 18.4 Å². The zero-order chi connectivity index (χ0) is 15.4. The summed E-state index contributed by atoms with van der Waals surface area (Å²) in [5.41, 5.74) is 1.78.